The number of aryl methyl sites for hydroxylation is 1. The third kappa shape index (κ3) is 4.31. The van der Waals surface area contributed by atoms with E-state index in [4.69, 9.17) is 4.74 Å². The normalized spacial score (nSPS) is 10.7. The molecule has 1 aromatic carbocycles. The molecule has 0 aliphatic rings. The zero-order valence-electron chi connectivity index (χ0n) is 14.2. The van der Waals surface area contributed by atoms with Crippen LogP contribution < -0.4 is 10.1 Å². The van der Waals surface area contributed by atoms with Crippen molar-refractivity contribution in [3.63, 3.8) is 0 Å². The monoisotopic (exact) mass is 312 g/mol. The van der Waals surface area contributed by atoms with Crippen LogP contribution in [-0.4, -0.2) is 24.5 Å². The Labute approximate surface area is 137 Å². The maximum atomic E-state index is 12.0. The number of hydrogen-bond donors (Lipinski definition) is 1. The van der Waals surface area contributed by atoms with Crippen molar-refractivity contribution in [3.8, 4) is 5.75 Å². The predicted molar refractivity (Wildman–Crippen MR) is 92.1 cm³/mol. The van der Waals surface area contributed by atoms with Gasteiger partial charge in [0.15, 0.2) is 0 Å². The smallest absolute Gasteiger partial charge is 0.252 e. The van der Waals surface area contributed by atoms with Crippen molar-refractivity contribution < 1.29 is 9.53 Å². The largest absolute Gasteiger partial charge is 0.496 e. The van der Waals surface area contributed by atoms with Gasteiger partial charge in [0.05, 0.1) is 12.7 Å². The van der Waals surface area contributed by atoms with Crippen LogP contribution in [0.15, 0.2) is 36.7 Å². The highest BCUT2D eigenvalue weighted by molar-refractivity contribution is 5.93. The number of nitrogens with zero attached hydrogens (tertiary/aromatic N) is 1. The highest BCUT2D eigenvalue weighted by Gasteiger charge is 2.11. The fourth-order valence-corrected chi connectivity index (χ4v) is 2.55. The number of nitrogens with one attached hydrogen (secondary N) is 1. The van der Waals surface area contributed by atoms with Gasteiger partial charge < -0.3 is 10.1 Å². The van der Waals surface area contributed by atoms with Crippen LogP contribution in [0.3, 0.4) is 0 Å². The molecule has 0 bridgehead atoms. The zero-order valence-corrected chi connectivity index (χ0v) is 14.2. The second kappa shape index (κ2) is 7.77. The van der Waals surface area contributed by atoms with E-state index >= 15 is 0 Å². The Morgan fingerprint density at radius 1 is 1.35 bits per heavy atom. The van der Waals surface area contributed by atoms with Crippen LogP contribution in [0.5, 0.6) is 5.75 Å². The Morgan fingerprint density at radius 3 is 2.74 bits per heavy atom. The van der Waals surface area contributed by atoms with Crippen molar-refractivity contribution in [2.75, 3.05) is 13.7 Å². The second-order valence-corrected chi connectivity index (χ2v) is 5.92. The molecule has 0 fully saturated rings. The van der Waals surface area contributed by atoms with Gasteiger partial charge in [0.1, 0.15) is 5.75 Å². The topological polar surface area (TPSA) is 51.2 Å². The number of carbonyl (C=O) groups excluding carboxylic acids is 1. The highest BCUT2D eigenvalue weighted by Crippen LogP contribution is 2.29. The van der Waals surface area contributed by atoms with Crippen LogP contribution in [0.2, 0.25) is 0 Å². The van der Waals surface area contributed by atoms with Gasteiger partial charge in [-0.05, 0) is 54.2 Å². The molecule has 23 heavy (non-hydrogen) atoms. The molecule has 0 aliphatic carbocycles. The summed E-state index contributed by atoms with van der Waals surface area (Å²) in [5.74, 6) is 1.24. The van der Waals surface area contributed by atoms with Gasteiger partial charge in [-0.25, -0.2) is 0 Å². The summed E-state index contributed by atoms with van der Waals surface area (Å²) in [6, 6.07) is 7.79. The third-order valence-electron chi connectivity index (χ3n) is 3.91. The first-order valence-corrected chi connectivity index (χ1v) is 7.88. The molecule has 0 saturated carbocycles. The lowest BCUT2D eigenvalue weighted by Crippen LogP contribution is -2.26. The summed E-state index contributed by atoms with van der Waals surface area (Å²) in [4.78, 5) is 16.0. The molecule has 0 unspecified atom stereocenters. The van der Waals surface area contributed by atoms with Crippen LogP contribution in [0.1, 0.15) is 46.8 Å². The molecular weight excluding hydrogens is 288 g/mol. The lowest BCUT2D eigenvalue weighted by Gasteiger charge is -2.16. The average Bonchev–Trinajstić information content (AvgIpc) is 2.56. The van der Waals surface area contributed by atoms with E-state index in [9.17, 15) is 4.79 Å². The highest BCUT2D eigenvalue weighted by atomic mass is 16.5. The average molecular weight is 312 g/mol. The lowest BCUT2D eigenvalue weighted by molar-refractivity contribution is 0.0953. The van der Waals surface area contributed by atoms with Gasteiger partial charge in [-0.2, -0.15) is 0 Å². The number of aromatic nitrogens is 1. The number of pyridine rings is 1. The van der Waals surface area contributed by atoms with Crippen LogP contribution in [0, 0.1) is 6.92 Å². The summed E-state index contributed by atoms with van der Waals surface area (Å²) in [5, 5.41) is 2.94. The molecular formula is C19H24N2O2. The summed E-state index contributed by atoms with van der Waals surface area (Å²) >= 11 is 0. The second-order valence-electron chi connectivity index (χ2n) is 5.92. The van der Waals surface area contributed by atoms with E-state index in [-0.39, 0.29) is 5.91 Å². The molecule has 0 spiro atoms. The Morgan fingerprint density at radius 2 is 2.13 bits per heavy atom. The van der Waals surface area contributed by atoms with Gasteiger partial charge in [-0.1, -0.05) is 19.9 Å². The van der Waals surface area contributed by atoms with Gasteiger partial charge in [0, 0.05) is 18.9 Å². The summed E-state index contributed by atoms with van der Waals surface area (Å²) in [6.07, 6.45) is 4.03. The number of methoxy groups -OCH3 is 1. The van der Waals surface area contributed by atoms with Gasteiger partial charge >= 0.3 is 0 Å². The maximum absolute atomic E-state index is 12.0. The fraction of sp³-hybridized carbons (Fsp3) is 0.368. The molecule has 2 rings (SSSR count). The molecule has 2 aromatic rings. The number of benzene rings is 1. The molecule has 0 atom stereocenters. The molecule has 1 amide bonds. The van der Waals surface area contributed by atoms with Gasteiger partial charge in [-0.15, -0.1) is 0 Å². The van der Waals surface area contributed by atoms with Gasteiger partial charge in [0.2, 0.25) is 0 Å². The van der Waals surface area contributed by atoms with Gasteiger partial charge in [-0.3, -0.25) is 9.78 Å². The van der Waals surface area contributed by atoms with Crippen molar-refractivity contribution in [3.05, 3.63) is 58.9 Å². The first kappa shape index (κ1) is 17.0. The summed E-state index contributed by atoms with van der Waals surface area (Å²) in [6.45, 7) is 6.98. The quantitative estimate of drug-likeness (QED) is 0.888. The van der Waals surface area contributed by atoms with Crippen molar-refractivity contribution in [1.82, 2.24) is 10.3 Å². The predicted octanol–water partition coefficient (Wildman–Crippen LogP) is 3.49. The fourth-order valence-electron chi connectivity index (χ4n) is 2.55. The molecule has 1 heterocycles. The standard InChI is InChI=1S/C19H24N2O2/c1-13(2)17-11-15(14(3)10-18(17)23-4)7-9-21-19(22)16-6-5-8-20-12-16/h5-6,8,10-13H,7,9H2,1-4H3,(H,21,22). The molecule has 1 N–H and O–H groups in total. The minimum Gasteiger partial charge on any atom is -0.496 e. The molecule has 0 saturated heterocycles. The third-order valence-corrected chi connectivity index (χ3v) is 3.91. The molecule has 4 nitrogen and oxygen atoms in total. The van der Waals surface area contributed by atoms with Crippen molar-refractivity contribution in [2.45, 2.75) is 33.1 Å². The van der Waals surface area contributed by atoms with Crippen LogP contribution >= 0.6 is 0 Å². The Kier molecular flexibility index (Phi) is 5.74. The SMILES string of the molecule is COc1cc(C)c(CCNC(=O)c2cccnc2)cc1C(C)C. The Bertz CT molecular complexity index is 667. The van der Waals surface area contributed by atoms with Crippen molar-refractivity contribution >= 4 is 5.91 Å². The number of hydrogen-bond acceptors (Lipinski definition) is 3. The molecule has 0 aliphatic heterocycles. The van der Waals surface area contributed by atoms with E-state index in [1.165, 1.54) is 16.7 Å². The van der Waals surface area contributed by atoms with E-state index in [1.807, 2.05) is 0 Å². The van der Waals surface area contributed by atoms with Crippen LogP contribution in [-0.2, 0) is 6.42 Å². The first-order chi connectivity index (χ1) is 11.0. The Hall–Kier alpha value is -2.36. The number of rotatable bonds is 6. The summed E-state index contributed by atoms with van der Waals surface area (Å²) < 4.78 is 5.47. The van der Waals surface area contributed by atoms with E-state index in [2.05, 4.69) is 43.2 Å². The summed E-state index contributed by atoms with van der Waals surface area (Å²) in [5.41, 5.74) is 4.20. The Balaban J connectivity index is 2.03. The number of amides is 1. The van der Waals surface area contributed by atoms with E-state index in [1.54, 1.807) is 31.6 Å². The van der Waals surface area contributed by atoms with Crippen LogP contribution in [0.4, 0.5) is 0 Å². The summed E-state index contributed by atoms with van der Waals surface area (Å²) in [7, 11) is 1.70. The number of carbonyl (C=O) groups is 1. The first-order valence-electron chi connectivity index (χ1n) is 7.88. The van der Waals surface area contributed by atoms with E-state index in [0.29, 0.717) is 18.0 Å². The molecule has 4 heteroatoms. The van der Waals surface area contributed by atoms with E-state index < -0.39 is 0 Å². The molecule has 122 valence electrons. The van der Waals surface area contributed by atoms with Crippen molar-refractivity contribution in [1.29, 1.82) is 0 Å². The molecule has 1 aromatic heterocycles. The number of ether oxygens (including phenoxy) is 1. The maximum Gasteiger partial charge on any atom is 0.252 e. The minimum atomic E-state index is -0.0895. The van der Waals surface area contributed by atoms with E-state index in [0.717, 1.165) is 12.2 Å². The molecule has 0 radical (unpaired) electrons. The minimum absolute atomic E-state index is 0.0895. The van der Waals surface area contributed by atoms with Crippen LogP contribution in [0.25, 0.3) is 0 Å². The lowest BCUT2D eigenvalue weighted by atomic mass is 9.95. The zero-order chi connectivity index (χ0) is 16.8. The van der Waals surface area contributed by atoms with Crippen molar-refractivity contribution in [2.24, 2.45) is 0 Å². The van der Waals surface area contributed by atoms with Gasteiger partial charge in [0.25, 0.3) is 5.91 Å².